The van der Waals surface area contributed by atoms with E-state index in [0.717, 1.165) is 43.4 Å². The Hall–Kier alpha value is -2.04. The van der Waals surface area contributed by atoms with Crippen LogP contribution in [0, 0.1) is 0 Å². The molecule has 1 aliphatic carbocycles. The summed E-state index contributed by atoms with van der Waals surface area (Å²) in [6, 6.07) is 7.64. The van der Waals surface area contributed by atoms with Crippen molar-refractivity contribution in [3.05, 3.63) is 29.8 Å². The number of benzene rings is 1. The fraction of sp³-hybridized carbons (Fsp3) is 0.600. The fourth-order valence-corrected chi connectivity index (χ4v) is 3.57. The maximum absolute atomic E-state index is 12.2. The van der Waals surface area contributed by atoms with Crippen molar-refractivity contribution in [2.24, 2.45) is 0 Å². The summed E-state index contributed by atoms with van der Waals surface area (Å²) in [7, 11) is 0. The third kappa shape index (κ3) is 5.48. The minimum atomic E-state index is -0.382. The molecular weight excluding hydrogens is 316 g/mol. The smallest absolute Gasteiger partial charge is 0.242 e. The van der Waals surface area contributed by atoms with Crippen molar-refractivity contribution < 1.29 is 14.3 Å². The standard InChI is InChI=1S/C20H28N2O3/c23-19(22-18-10-3-4-13-21-20(18)24)12-11-15-6-5-9-17(14-15)25-16-7-1-2-8-16/h5-6,9,14,16,18H,1-4,7-8,10-13H2,(H,21,24)(H,22,23)/t18-/m0/s1. The van der Waals surface area contributed by atoms with Crippen molar-refractivity contribution in [2.75, 3.05) is 6.54 Å². The maximum Gasteiger partial charge on any atom is 0.242 e. The van der Waals surface area contributed by atoms with E-state index in [1.807, 2.05) is 24.3 Å². The monoisotopic (exact) mass is 344 g/mol. The van der Waals surface area contributed by atoms with Crippen LogP contribution in [-0.2, 0) is 16.0 Å². The number of carbonyl (C=O) groups excluding carboxylic acids is 2. The zero-order valence-electron chi connectivity index (χ0n) is 14.8. The Morgan fingerprint density at radius 3 is 2.80 bits per heavy atom. The van der Waals surface area contributed by atoms with E-state index >= 15 is 0 Å². The Balaban J connectivity index is 1.47. The summed E-state index contributed by atoms with van der Waals surface area (Å²) in [4.78, 5) is 24.1. The maximum atomic E-state index is 12.2. The third-order valence-electron chi connectivity index (χ3n) is 5.01. The molecule has 0 aromatic heterocycles. The predicted octanol–water partition coefficient (Wildman–Crippen LogP) is 2.73. The first kappa shape index (κ1) is 17.8. The highest BCUT2D eigenvalue weighted by Gasteiger charge is 2.22. The Morgan fingerprint density at radius 1 is 1.16 bits per heavy atom. The summed E-state index contributed by atoms with van der Waals surface area (Å²) >= 11 is 0. The second kappa shape index (κ2) is 8.88. The molecule has 0 radical (unpaired) electrons. The molecule has 5 heteroatoms. The lowest BCUT2D eigenvalue weighted by Gasteiger charge is -2.16. The molecule has 2 amide bonds. The molecule has 1 aliphatic heterocycles. The lowest BCUT2D eigenvalue weighted by Crippen LogP contribution is -2.45. The molecule has 2 N–H and O–H groups in total. The minimum absolute atomic E-state index is 0.0576. The van der Waals surface area contributed by atoms with Crippen LogP contribution in [0.25, 0.3) is 0 Å². The molecule has 1 heterocycles. The van der Waals surface area contributed by atoms with Gasteiger partial charge in [0.2, 0.25) is 11.8 Å². The zero-order chi connectivity index (χ0) is 17.5. The van der Waals surface area contributed by atoms with Crippen molar-refractivity contribution in [1.29, 1.82) is 0 Å². The molecule has 2 aliphatic rings. The van der Waals surface area contributed by atoms with Gasteiger partial charge in [-0.25, -0.2) is 0 Å². The lowest BCUT2D eigenvalue weighted by molar-refractivity contribution is -0.128. The molecule has 2 fully saturated rings. The van der Waals surface area contributed by atoms with Crippen LogP contribution >= 0.6 is 0 Å². The first-order valence-electron chi connectivity index (χ1n) is 9.53. The van der Waals surface area contributed by atoms with Gasteiger partial charge in [-0.05, 0) is 69.1 Å². The number of nitrogens with one attached hydrogen (secondary N) is 2. The molecule has 0 spiro atoms. The summed E-state index contributed by atoms with van der Waals surface area (Å²) in [6.07, 6.45) is 8.81. The van der Waals surface area contributed by atoms with Crippen LogP contribution in [0.4, 0.5) is 0 Å². The SMILES string of the molecule is O=C(CCc1cccc(OC2CCCC2)c1)N[C@H]1CCCCNC1=O. The molecule has 1 aromatic rings. The number of aryl methyl sites for hydroxylation is 1. The average molecular weight is 344 g/mol. The van der Waals surface area contributed by atoms with Crippen LogP contribution in [0.3, 0.4) is 0 Å². The van der Waals surface area contributed by atoms with Crippen molar-refractivity contribution in [1.82, 2.24) is 10.6 Å². The zero-order valence-corrected chi connectivity index (χ0v) is 14.8. The van der Waals surface area contributed by atoms with Crippen molar-refractivity contribution in [2.45, 2.75) is 69.9 Å². The van der Waals surface area contributed by atoms with Crippen LogP contribution in [0.5, 0.6) is 5.75 Å². The Labute approximate surface area is 149 Å². The summed E-state index contributed by atoms with van der Waals surface area (Å²) in [5.41, 5.74) is 1.09. The van der Waals surface area contributed by atoms with Gasteiger partial charge >= 0.3 is 0 Å². The van der Waals surface area contributed by atoms with E-state index < -0.39 is 0 Å². The second-order valence-corrected chi connectivity index (χ2v) is 7.08. The molecule has 1 atom stereocenters. The number of rotatable bonds is 6. The van der Waals surface area contributed by atoms with Gasteiger partial charge in [-0.2, -0.15) is 0 Å². The van der Waals surface area contributed by atoms with E-state index in [0.29, 0.717) is 25.5 Å². The van der Waals surface area contributed by atoms with Crippen molar-refractivity contribution in [3.63, 3.8) is 0 Å². The van der Waals surface area contributed by atoms with Gasteiger partial charge in [-0.1, -0.05) is 12.1 Å². The van der Waals surface area contributed by atoms with Crippen LogP contribution in [0.15, 0.2) is 24.3 Å². The van der Waals surface area contributed by atoms with Gasteiger partial charge in [0.15, 0.2) is 0 Å². The molecule has 1 saturated heterocycles. The first-order chi connectivity index (χ1) is 12.2. The molecule has 1 saturated carbocycles. The normalized spacial score (nSPS) is 21.4. The van der Waals surface area contributed by atoms with Crippen LogP contribution in [0.1, 0.15) is 56.9 Å². The lowest BCUT2D eigenvalue weighted by atomic mass is 10.1. The van der Waals surface area contributed by atoms with Gasteiger partial charge in [0.05, 0.1) is 6.10 Å². The summed E-state index contributed by atoms with van der Waals surface area (Å²) in [5.74, 6) is 0.773. The van der Waals surface area contributed by atoms with Crippen LogP contribution in [-0.4, -0.2) is 30.5 Å². The highest BCUT2D eigenvalue weighted by Crippen LogP contribution is 2.24. The van der Waals surface area contributed by atoms with Crippen molar-refractivity contribution in [3.8, 4) is 5.75 Å². The van der Waals surface area contributed by atoms with E-state index in [9.17, 15) is 9.59 Å². The number of ether oxygens (including phenoxy) is 1. The van der Waals surface area contributed by atoms with Gasteiger partial charge < -0.3 is 15.4 Å². The first-order valence-corrected chi connectivity index (χ1v) is 9.53. The minimum Gasteiger partial charge on any atom is -0.490 e. The topological polar surface area (TPSA) is 67.4 Å². The number of hydrogen-bond acceptors (Lipinski definition) is 3. The highest BCUT2D eigenvalue weighted by molar-refractivity contribution is 5.87. The fourth-order valence-electron chi connectivity index (χ4n) is 3.57. The van der Waals surface area contributed by atoms with E-state index in [-0.39, 0.29) is 17.9 Å². The van der Waals surface area contributed by atoms with E-state index in [1.165, 1.54) is 12.8 Å². The summed E-state index contributed by atoms with van der Waals surface area (Å²) in [6.45, 7) is 0.707. The predicted molar refractivity (Wildman–Crippen MR) is 96.4 cm³/mol. The van der Waals surface area contributed by atoms with Gasteiger partial charge in [0.1, 0.15) is 11.8 Å². The third-order valence-corrected chi connectivity index (χ3v) is 5.01. The molecule has 136 valence electrons. The molecule has 0 unspecified atom stereocenters. The van der Waals surface area contributed by atoms with E-state index in [2.05, 4.69) is 10.6 Å². The van der Waals surface area contributed by atoms with Crippen LogP contribution in [0.2, 0.25) is 0 Å². The Kier molecular flexibility index (Phi) is 6.31. The quantitative estimate of drug-likeness (QED) is 0.834. The molecule has 3 rings (SSSR count). The second-order valence-electron chi connectivity index (χ2n) is 7.08. The number of hydrogen-bond donors (Lipinski definition) is 2. The molecule has 0 bridgehead atoms. The molecule has 1 aromatic carbocycles. The Bertz CT molecular complexity index is 596. The van der Waals surface area contributed by atoms with Gasteiger partial charge in [0.25, 0.3) is 0 Å². The van der Waals surface area contributed by atoms with Crippen LogP contribution < -0.4 is 15.4 Å². The highest BCUT2D eigenvalue weighted by atomic mass is 16.5. The molecular formula is C20H28N2O3. The van der Waals surface area contributed by atoms with Gasteiger partial charge in [-0.15, -0.1) is 0 Å². The summed E-state index contributed by atoms with van der Waals surface area (Å²) < 4.78 is 6.02. The Morgan fingerprint density at radius 2 is 1.96 bits per heavy atom. The largest absolute Gasteiger partial charge is 0.490 e. The van der Waals surface area contributed by atoms with Gasteiger partial charge in [-0.3, -0.25) is 9.59 Å². The van der Waals surface area contributed by atoms with Crippen molar-refractivity contribution >= 4 is 11.8 Å². The average Bonchev–Trinajstić information content (AvgIpc) is 3.03. The van der Waals surface area contributed by atoms with E-state index in [4.69, 9.17) is 4.74 Å². The molecule has 5 nitrogen and oxygen atoms in total. The van der Waals surface area contributed by atoms with E-state index in [1.54, 1.807) is 0 Å². The molecule has 25 heavy (non-hydrogen) atoms. The number of carbonyl (C=O) groups is 2. The number of amides is 2. The summed E-state index contributed by atoms with van der Waals surface area (Å²) in [5, 5.41) is 5.72. The van der Waals surface area contributed by atoms with Gasteiger partial charge in [0, 0.05) is 13.0 Å².